The van der Waals surface area contributed by atoms with Crippen molar-refractivity contribution in [2.24, 2.45) is 0 Å². The van der Waals surface area contributed by atoms with E-state index in [1.54, 1.807) is 35.6 Å². The van der Waals surface area contributed by atoms with Crippen molar-refractivity contribution in [3.63, 3.8) is 0 Å². The van der Waals surface area contributed by atoms with E-state index in [0.29, 0.717) is 37.3 Å². The first-order chi connectivity index (χ1) is 14.5. The Kier molecular flexibility index (Phi) is 4.99. The summed E-state index contributed by atoms with van der Waals surface area (Å²) in [5.74, 6) is 0.364. The Morgan fingerprint density at radius 2 is 1.93 bits per heavy atom. The van der Waals surface area contributed by atoms with E-state index in [9.17, 15) is 13.2 Å². The molecule has 5 rings (SSSR count). The number of thiazole rings is 1. The van der Waals surface area contributed by atoms with Crippen molar-refractivity contribution in [3.8, 4) is 0 Å². The van der Waals surface area contributed by atoms with Crippen LogP contribution in [0.4, 0.5) is 5.69 Å². The molecule has 2 aromatic carbocycles. The molecule has 3 heterocycles. The van der Waals surface area contributed by atoms with Crippen LogP contribution in [0.2, 0.25) is 0 Å². The van der Waals surface area contributed by atoms with E-state index in [2.05, 4.69) is 6.07 Å². The lowest BCUT2D eigenvalue weighted by Crippen LogP contribution is -2.39. The average Bonchev–Trinajstić information content (AvgIpc) is 3.36. The van der Waals surface area contributed by atoms with Gasteiger partial charge in [0, 0.05) is 31.1 Å². The first-order valence-corrected chi connectivity index (χ1v) is 12.7. The molecule has 1 amide bonds. The Hall–Kier alpha value is -2.45. The van der Waals surface area contributed by atoms with Gasteiger partial charge >= 0.3 is 0 Å². The van der Waals surface area contributed by atoms with Crippen molar-refractivity contribution >= 4 is 43.2 Å². The fourth-order valence-electron chi connectivity index (χ4n) is 4.33. The summed E-state index contributed by atoms with van der Waals surface area (Å²) in [7, 11) is -3.26. The number of nitrogens with zero attached hydrogens (tertiary/aromatic N) is 3. The first kappa shape index (κ1) is 19.5. The molecule has 1 aromatic heterocycles. The third-order valence-electron chi connectivity index (χ3n) is 5.85. The number of hydrogen-bond acceptors (Lipinski definition) is 5. The minimum absolute atomic E-state index is 0.0424. The molecule has 0 saturated carbocycles. The maximum atomic E-state index is 13.2. The molecule has 0 unspecified atom stereocenters. The number of carbonyl (C=O) groups excluding carboxylic acids is 1. The van der Waals surface area contributed by atoms with E-state index in [1.807, 2.05) is 23.1 Å². The molecule has 3 aromatic rings. The van der Waals surface area contributed by atoms with Crippen molar-refractivity contribution < 1.29 is 13.2 Å². The molecule has 0 aliphatic carbocycles. The molecule has 0 radical (unpaired) electrons. The molecule has 0 bridgehead atoms. The van der Waals surface area contributed by atoms with Crippen molar-refractivity contribution in [2.75, 3.05) is 29.7 Å². The lowest BCUT2D eigenvalue weighted by molar-refractivity contribution is 0.0707. The summed E-state index contributed by atoms with van der Waals surface area (Å²) in [6.07, 6.45) is 2.58. The highest BCUT2D eigenvalue weighted by Crippen LogP contribution is 2.33. The van der Waals surface area contributed by atoms with E-state index in [1.165, 1.54) is 9.01 Å². The van der Waals surface area contributed by atoms with Gasteiger partial charge in [-0.05, 0) is 49.6 Å². The largest absolute Gasteiger partial charge is 0.338 e. The van der Waals surface area contributed by atoms with Gasteiger partial charge in [-0.15, -0.1) is 11.3 Å². The number of carbonyl (C=O) groups is 1. The standard InChI is InChI=1S/C22H23N3O3S2/c26-22(16-6-3-8-18(14-16)25-12-5-13-30(25,27)28)24-11-4-7-17(15-24)21-23-19-9-1-2-10-20(19)29-21/h1-3,6,8-10,14,17H,4-5,7,11-13,15H2/t17-/m0/s1. The van der Waals surface area contributed by atoms with Crippen LogP contribution in [-0.4, -0.2) is 49.6 Å². The monoisotopic (exact) mass is 441 g/mol. The van der Waals surface area contributed by atoms with Gasteiger partial charge in [0.2, 0.25) is 10.0 Å². The molecule has 2 saturated heterocycles. The van der Waals surface area contributed by atoms with Crippen LogP contribution in [-0.2, 0) is 10.0 Å². The van der Waals surface area contributed by atoms with E-state index >= 15 is 0 Å². The molecule has 2 aliphatic heterocycles. The SMILES string of the molecule is O=C(c1cccc(N2CCCS2(=O)=O)c1)N1CCC[C@H](c2nc3ccccc3s2)C1. The smallest absolute Gasteiger partial charge is 0.253 e. The summed E-state index contributed by atoms with van der Waals surface area (Å²) in [5, 5.41) is 1.09. The number of fused-ring (bicyclic) bond motifs is 1. The van der Waals surface area contributed by atoms with Gasteiger partial charge in [0.1, 0.15) is 0 Å². The highest BCUT2D eigenvalue weighted by Gasteiger charge is 2.30. The van der Waals surface area contributed by atoms with Gasteiger partial charge in [-0.1, -0.05) is 18.2 Å². The van der Waals surface area contributed by atoms with Crippen molar-refractivity contribution in [2.45, 2.75) is 25.2 Å². The summed E-state index contributed by atoms with van der Waals surface area (Å²) < 4.78 is 27.1. The fourth-order valence-corrected chi connectivity index (χ4v) is 6.98. The Bertz CT molecular complexity index is 1170. The Balaban J connectivity index is 1.36. The normalized spacial score (nSPS) is 21.3. The van der Waals surface area contributed by atoms with Gasteiger partial charge in [-0.25, -0.2) is 13.4 Å². The number of likely N-dealkylation sites (tertiary alicyclic amines) is 1. The van der Waals surface area contributed by atoms with E-state index < -0.39 is 10.0 Å². The van der Waals surface area contributed by atoms with Gasteiger partial charge < -0.3 is 4.90 Å². The number of amides is 1. The highest BCUT2D eigenvalue weighted by atomic mass is 32.2. The van der Waals surface area contributed by atoms with Crippen LogP contribution in [0.3, 0.4) is 0 Å². The molecule has 6 nitrogen and oxygen atoms in total. The number of anilines is 1. The maximum absolute atomic E-state index is 13.2. The van der Waals surface area contributed by atoms with Crippen molar-refractivity contribution in [3.05, 3.63) is 59.1 Å². The van der Waals surface area contributed by atoms with Crippen LogP contribution in [0.25, 0.3) is 10.2 Å². The highest BCUT2D eigenvalue weighted by molar-refractivity contribution is 7.93. The summed E-state index contributed by atoms with van der Waals surface area (Å²) in [4.78, 5) is 19.9. The number of aromatic nitrogens is 1. The third-order valence-corrected chi connectivity index (χ3v) is 8.92. The predicted molar refractivity (Wildman–Crippen MR) is 120 cm³/mol. The van der Waals surface area contributed by atoms with Gasteiger partial charge in [-0.3, -0.25) is 9.10 Å². The van der Waals surface area contributed by atoms with E-state index in [4.69, 9.17) is 4.98 Å². The quantitative estimate of drug-likeness (QED) is 0.619. The zero-order valence-electron chi connectivity index (χ0n) is 16.5. The molecular formula is C22H23N3O3S2. The number of para-hydroxylation sites is 1. The molecule has 30 heavy (non-hydrogen) atoms. The second-order valence-electron chi connectivity index (χ2n) is 7.90. The topological polar surface area (TPSA) is 70.6 Å². The second kappa shape index (κ2) is 7.67. The van der Waals surface area contributed by atoms with E-state index in [-0.39, 0.29) is 17.6 Å². The number of piperidine rings is 1. The predicted octanol–water partition coefficient (Wildman–Crippen LogP) is 3.86. The van der Waals surface area contributed by atoms with E-state index in [0.717, 1.165) is 23.4 Å². The Labute approximate surface area is 180 Å². The molecule has 2 fully saturated rings. The van der Waals surface area contributed by atoms with Gasteiger partial charge in [0.05, 0.1) is 26.7 Å². The van der Waals surface area contributed by atoms with Crippen LogP contribution in [0.5, 0.6) is 0 Å². The van der Waals surface area contributed by atoms with Crippen LogP contribution in [0.15, 0.2) is 48.5 Å². The molecule has 0 N–H and O–H groups in total. The molecular weight excluding hydrogens is 418 g/mol. The molecule has 1 atom stereocenters. The first-order valence-electron chi connectivity index (χ1n) is 10.3. The van der Waals surface area contributed by atoms with Crippen LogP contribution >= 0.6 is 11.3 Å². The second-order valence-corrected chi connectivity index (χ2v) is 11.0. The lowest BCUT2D eigenvalue weighted by atomic mass is 9.98. The van der Waals surface area contributed by atoms with Crippen LogP contribution in [0, 0.1) is 0 Å². The molecule has 8 heteroatoms. The summed E-state index contributed by atoms with van der Waals surface area (Å²) in [6, 6.07) is 15.2. The molecule has 156 valence electrons. The van der Waals surface area contributed by atoms with Crippen LogP contribution < -0.4 is 4.31 Å². The zero-order chi connectivity index (χ0) is 20.7. The molecule has 2 aliphatic rings. The number of rotatable bonds is 3. The van der Waals surface area contributed by atoms with Gasteiger partial charge in [-0.2, -0.15) is 0 Å². The third kappa shape index (κ3) is 3.58. The summed E-state index contributed by atoms with van der Waals surface area (Å²) in [5.41, 5.74) is 2.14. The van der Waals surface area contributed by atoms with Crippen molar-refractivity contribution in [1.29, 1.82) is 0 Å². The lowest BCUT2D eigenvalue weighted by Gasteiger charge is -2.32. The zero-order valence-corrected chi connectivity index (χ0v) is 18.2. The summed E-state index contributed by atoms with van der Waals surface area (Å²) in [6.45, 7) is 1.83. The Morgan fingerprint density at radius 3 is 2.73 bits per heavy atom. The number of sulfonamides is 1. The summed E-state index contributed by atoms with van der Waals surface area (Å²) >= 11 is 1.71. The fraction of sp³-hybridized carbons (Fsp3) is 0.364. The minimum atomic E-state index is -3.26. The average molecular weight is 442 g/mol. The van der Waals surface area contributed by atoms with Crippen molar-refractivity contribution in [1.82, 2.24) is 9.88 Å². The number of hydrogen-bond donors (Lipinski definition) is 0. The van der Waals surface area contributed by atoms with Gasteiger partial charge in [0.15, 0.2) is 0 Å². The van der Waals surface area contributed by atoms with Gasteiger partial charge in [0.25, 0.3) is 5.91 Å². The van der Waals surface area contributed by atoms with Crippen LogP contribution in [0.1, 0.15) is 40.5 Å². The molecule has 0 spiro atoms. The Morgan fingerprint density at radius 1 is 1.07 bits per heavy atom. The number of benzene rings is 2. The minimum Gasteiger partial charge on any atom is -0.338 e. The maximum Gasteiger partial charge on any atom is 0.253 e.